The third-order valence-corrected chi connectivity index (χ3v) is 5.69. The van der Waals surface area contributed by atoms with Gasteiger partial charge in [-0.2, -0.15) is 4.31 Å². The number of aliphatic carboxylic acids is 1. The van der Waals surface area contributed by atoms with Crippen LogP contribution in [0.1, 0.15) is 17.3 Å². The summed E-state index contributed by atoms with van der Waals surface area (Å²) < 4.78 is 31.4. The number of carboxylic acid groups (broad SMARTS) is 1. The maximum Gasteiger partial charge on any atom is 0.337 e. The van der Waals surface area contributed by atoms with Gasteiger partial charge in [-0.1, -0.05) is 0 Å². The summed E-state index contributed by atoms with van der Waals surface area (Å²) in [6.07, 6.45) is 0. The second-order valence-electron chi connectivity index (χ2n) is 5.80. The Bertz CT molecular complexity index is 738. The molecule has 1 unspecified atom stereocenters. The number of rotatable bonds is 6. The Balaban J connectivity index is 2.06. The van der Waals surface area contributed by atoms with Gasteiger partial charge in [-0.3, -0.25) is 4.79 Å². The number of carbonyl (C=O) groups excluding carboxylic acids is 1. The highest BCUT2D eigenvalue weighted by atomic mass is 32.2. The van der Waals surface area contributed by atoms with Crippen LogP contribution in [0.25, 0.3) is 0 Å². The molecule has 1 aliphatic rings. The fraction of sp³-hybridized carbons (Fsp3) is 0.467. The van der Waals surface area contributed by atoms with Crippen LogP contribution in [0.15, 0.2) is 29.2 Å². The predicted molar refractivity (Wildman–Crippen MR) is 86.6 cm³/mol. The second-order valence-corrected chi connectivity index (χ2v) is 7.74. The molecule has 9 nitrogen and oxygen atoms in total. The first kappa shape index (κ1) is 19.3. The molecule has 0 saturated carbocycles. The summed E-state index contributed by atoms with van der Waals surface area (Å²) in [6.45, 7) is 1.80. The van der Waals surface area contributed by atoms with E-state index < -0.39 is 34.0 Å². The van der Waals surface area contributed by atoms with Gasteiger partial charge in [0, 0.05) is 18.7 Å². The number of benzene rings is 1. The molecule has 0 bridgehead atoms. The number of hydrogen-bond acceptors (Lipinski definition) is 6. The molecule has 1 heterocycles. The number of ether oxygens (including phenoxy) is 1. The smallest absolute Gasteiger partial charge is 0.337 e. The van der Waals surface area contributed by atoms with Crippen molar-refractivity contribution in [3.8, 4) is 0 Å². The van der Waals surface area contributed by atoms with Crippen molar-refractivity contribution in [3.05, 3.63) is 29.8 Å². The second kappa shape index (κ2) is 7.48. The van der Waals surface area contributed by atoms with E-state index >= 15 is 0 Å². The Labute approximate surface area is 145 Å². The monoisotopic (exact) mass is 372 g/mol. The van der Waals surface area contributed by atoms with Crippen molar-refractivity contribution < 1.29 is 33.0 Å². The molecule has 1 aliphatic heterocycles. The molecular weight excluding hydrogens is 352 g/mol. The molecule has 3 N–H and O–H groups in total. The lowest BCUT2D eigenvalue weighted by atomic mass is 10.1. The number of nitrogens with one attached hydrogen (secondary N) is 1. The normalized spacial score (nSPS) is 18.3. The SMILES string of the molecule is CC(O)(CNC(=O)c1ccc(S(=O)(=O)N2CCOCC2)cc1)C(=O)O. The van der Waals surface area contributed by atoms with E-state index in [1.54, 1.807) is 0 Å². The van der Waals surface area contributed by atoms with Gasteiger partial charge in [0.2, 0.25) is 10.0 Å². The number of amides is 1. The molecule has 1 saturated heterocycles. The molecule has 2 rings (SSSR count). The van der Waals surface area contributed by atoms with Gasteiger partial charge in [0.1, 0.15) is 0 Å². The van der Waals surface area contributed by atoms with E-state index in [0.29, 0.717) is 13.2 Å². The van der Waals surface area contributed by atoms with Crippen LogP contribution in [-0.4, -0.2) is 73.3 Å². The highest BCUT2D eigenvalue weighted by Gasteiger charge is 2.30. The summed E-state index contributed by atoms with van der Waals surface area (Å²) in [5.41, 5.74) is -1.93. The Morgan fingerprint density at radius 1 is 1.24 bits per heavy atom. The van der Waals surface area contributed by atoms with Crippen LogP contribution in [0.3, 0.4) is 0 Å². The molecule has 1 aromatic carbocycles. The number of morpholine rings is 1. The van der Waals surface area contributed by atoms with Crippen molar-refractivity contribution >= 4 is 21.9 Å². The number of aliphatic hydroxyl groups is 1. The van der Waals surface area contributed by atoms with Gasteiger partial charge >= 0.3 is 5.97 Å². The van der Waals surface area contributed by atoms with Gasteiger partial charge in [0.05, 0.1) is 24.7 Å². The Kier molecular flexibility index (Phi) is 5.78. The fourth-order valence-corrected chi connectivity index (χ4v) is 3.55. The number of sulfonamides is 1. The number of hydrogen-bond donors (Lipinski definition) is 3. The minimum atomic E-state index is -3.65. The highest BCUT2D eigenvalue weighted by Crippen LogP contribution is 2.17. The van der Waals surface area contributed by atoms with E-state index in [1.807, 2.05) is 0 Å². The zero-order valence-corrected chi connectivity index (χ0v) is 14.5. The van der Waals surface area contributed by atoms with Gasteiger partial charge in [-0.05, 0) is 31.2 Å². The minimum Gasteiger partial charge on any atom is -0.479 e. The third-order valence-electron chi connectivity index (χ3n) is 3.78. The molecule has 1 amide bonds. The van der Waals surface area contributed by atoms with E-state index in [4.69, 9.17) is 9.84 Å². The molecule has 1 aromatic rings. The number of nitrogens with zero attached hydrogens (tertiary/aromatic N) is 1. The summed E-state index contributed by atoms with van der Waals surface area (Å²) in [4.78, 5) is 22.8. The van der Waals surface area contributed by atoms with Gasteiger partial charge in [0.15, 0.2) is 5.60 Å². The highest BCUT2D eigenvalue weighted by molar-refractivity contribution is 7.89. The summed E-state index contributed by atoms with van der Waals surface area (Å²) in [5.74, 6) is -2.07. The van der Waals surface area contributed by atoms with Crippen molar-refractivity contribution in [2.75, 3.05) is 32.8 Å². The van der Waals surface area contributed by atoms with E-state index in [2.05, 4.69) is 5.32 Å². The van der Waals surface area contributed by atoms with Gasteiger partial charge in [-0.25, -0.2) is 13.2 Å². The summed E-state index contributed by atoms with van der Waals surface area (Å²) in [5, 5.41) is 20.7. The lowest BCUT2D eigenvalue weighted by molar-refractivity contribution is -0.155. The zero-order valence-electron chi connectivity index (χ0n) is 13.6. The molecule has 1 atom stereocenters. The van der Waals surface area contributed by atoms with Crippen LogP contribution in [0, 0.1) is 0 Å². The Morgan fingerprint density at radius 3 is 2.32 bits per heavy atom. The Morgan fingerprint density at radius 2 is 1.80 bits per heavy atom. The van der Waals surface area contributed by atoms with Crippen molar-refractivity contribution in [2.45, 2.75) is 17.4 Å². The van der Waals surface area contributed by atoms with Crippen LogP contribution in [0.2, 0.25) is 0 Å². The number of carbonyl (C=O) groups is 2. The molecule has 10 heteroatoms. The van der Waals surface area contributed by atoms with Crippen LogP contribution in [0.5, 0.6) is 0 Å². The number of carboxylic acids is 1. The summed E-state index contributed by atoms with van der Waals surface area (Å²) in [7, 11) is -3.65. The first-order valence-corrected chi connectivity index (χ1v) is 9.00. The first-order chi connectivity index (χ1) is 11.6. The van der Waals surface area contributed by atoms with Crippen LogP contribution in [-0.2, 0) is 19.6 Å². The average Bonchev–Trinajstić information content (AvgIpc) is 2.60. The molecule has 0 aliphatic carbocycles. The van der Waals surface area contributed by atoms with Crippen LogP contribution >= 0.6 is 0 Å². The molecule has 25 heavy (non-hydrogen) atoms. The average molecular weight is 372 g/mol. The van der Waals surface area contributed by atoms with E-state index in [9.17, 15) is 23.1 Å². The van der Waals surface area contributed by atoms with Crippen molar-refractivity contribution in [1.82, 2.24) is 9.62 Å². The van der Waals surface area contributed by atoms with E-state index in [0.717, 1.165) is 6.92 Å². The molecule has 138 valence electrons. The van der Waals surface area contributed by atoms with Gasteiger partial charge < -0.3 is 20.3 Å². The maximum absolute atomic E-state index is 12.5. The summed E-state index contributed by atoms with van der Waals surface area (Å²) >= 11 is 0. The molecular formula is C15H20N2O7S. The van der Waals surface area contributed by atoms with Gasteiger partial charge in [-0.15, -0.1) is 0 Å². The first-order valence-electron chi connectivity index (χ1n) is 7.56. The van der Waals surface area contributed by atoms with E-state index in [-0.39, 0.29) is 23.5 Å². The molecule has 0 radical (unpaired) electrons. The van der Waals surface area contributed by atoms with E-state index in [1.165, 1.54) is 28.6 Å². The zero-order chi connectivity index (χ0) is 18.7. The van der Waals surface area contributed by atoms with Crippen molar-refractivity contribution in [2.24, 2.45) is 0 Å². The lowest BCUT2D eigenvalue weighted by Crippen LogP contribution is -2.46. The summed E-state index contributed by atoms with van der Waals surface area (Å²) in [6, 6.07) is 5.29. The quantitative estimate of drug-likeness (QED) is 0.600. The largest absolute Gasteiger partial charge is 0.479 e. The van der Waals surface area contributed by atoms with Crippen LogP contribution in [0.4, 0.5) is 0 Å². The minimum absolute atomic E-state index is 0.0588. The standard InChI is InChI=1S/C15H20N2O7S/c1-15(21,14(19)20)10-16-13(18)11-2-4-12(5-3-11)25(22,23)17-6-8-24-9-7-17/h2-5,21H,6-10H2,1H3,(H,16,18)(H,19,20). The molecule has 0 aromatic heterocycles. The van der Waals surface area contributed by atoms with Gasteiger partial charge in [0.25, 0.3) is 5.91 Å². The predicted octanol–water partition coefficient (Wildman–Crippen LogP) is -0.727. The van der Waals surface area contributed by atoms with Crippen molar-refractivity contribution in [3.63, 3.8) is 0 Å². The van der Waals surface area contributed by atoms with Crippen molar-refractivity contribution in [1.29, 1.82) is 0 Å². The molecule has 1 fully saturated rings. The van der Waals surface area contributed by atoms with Crippen LogP contribution < -0.4 is 5.32 Å². The Hall–Kier alpha value is -2.01. The topological polar surface area (TPSA) is 133 Å². The third kappa shape index (κ3) is 4.54. The molecule has 0 spiro atoms. The maximum atomic E-state index is 12.5. The lowest BCUT2D eigenvalue weighted by Gasteiger charge is -2.26. The fourth-order valence-electron chi connectivity index (χ4n) is 2.14.